The van der Waals surface area contributed by atoms with Crippen molar-refractivity contribution in [2.45, 2.75) is 13.8 Å². The highest BCUT2D eigenvalue weighted by Crippen LogP contribution is 2.25. The SMILES string of the molecule is Cc1nn(-c2ccccc2)c(C)c1/C=N\NC(=O)COc1ccccc1[N+](=O)[O-]. The molecule has 0 aliphatic carbocycles. The number of hydrogen-bond donors (Lipinski definition) is 1. The van der Waals surface area contributed by atoms with Crippen LogP contribution in [0, 0.1) is 24.0 Å². The molecule has 0 spiro atoms. The number of nitro benzene ring substituents is 1. The largest absolute Gasteiger partial charge is 0.477 e. The maximum absolute atomic E-state index is 11.9. The molecule has 1 heterocycles. The van der Waals surface area contributed by atoms with Crippen LogP contribution in [0.2, 0.25) is 0 Å². The number of amides is 1. The van der Waals surface area contributed by atoms with Crippen LogP contribution in [0.4, 0.5) is 5.69 Å². The summed E-state index contributed by atoms with van der Waals surface area (Å²) in [7, 11) is 0. The first-order valence-electron chi connectivity index (χ1n) is 8.77. The molecule has 29 heavy (non-hydrogen) atoms. The van der Waals surface area contributed by atoms with E-state index in [1.807, 2.05) is 44.2 Å². The quantitative estimate of drug-likeness (QED) is 0.377. The fourth-order valence-electron chi connectivity index (χ4n) is 2.74. The third kappa shape index (κ3) is 4.64. The number of carbonyl (C=O) groups is 1. The summed E-state index contributed by atoms with van der Waals surface area (Å²) in [6.07, 6.45) is 1.51. The lowest BCUT2D eigenvalue weighted by atomic mass is 10.2. The van der Waals surface area contributed by atoms with Gasteiger partial charge in [-0.1, -0.05) is 30.3 Å². The van der Waals surface area contributed by atoms with Crippen molar-refractivity contribution >= 4 is 17.8 Å². The highest BCUT2D eigenvalue weighted by molar-refractivity contribution is 5.85. The second-order valence-corrected chi connectivity index (χ2v) is 6.14. The Morgan fingerprint density at radius 2 is 1.90 bits per heavy atom. The van der Waals surface area contributed by atoms with Crippen molar-refractivity contribution in [1.82, 2.24) is 15.2 Å². The lowest BCUT2D eigenvalue weighted by molar-refractivity contribution is -0.385. The van der Waals surface area contributed by atoms with Crippen molar-refractivity contribution in [2.24, 2.45) is 5.10 Å². The van der Waals surface area contributed by atoms with Gasteiger partial charge in [0.1, 0.15) is 0 Å². The number of hydrazone groups is 1. The van der Waals surface area contributed by atoms with E-state index in [1.165, 1.54) is 24.4 Å². The van der Waals surface area contributed by atoms with Crippen LogP contribution in [0.25, 0.3) is 5.69 Å². The van der Waals surface area contributed by atoms with Gasteiger partial charge in [-0.05, 0) is 32.0 Å². The Hall–Kier alpha value is -4.01. The molecule has 2 aromatic carbocycles. The average molecular weight is 393 g/mol. The van der Waals surface area contributed by atoms with Gasteiger partial charge in [0.15, 0.2) is 12.4 Å². The van der Waals surface area contributed by atoms with Gasteiger partial charge in [0.25, 0.3) is 5.91 Å². The molecule has 0 bridgehead atoms. The van der Waals surface area contributed by atoms with Crippen LogP contribution >= 0.6 is 0 Å². The Labute approximate surface area is 166 Å². The smallest absolute Gasteiger partial charge is 0.310 e. The van der Waals surface area contributed by atoms with E-state index in [2.05, 4.69) is 15.6 Å². The minimum absolute atomic E-state index is 0.0208. The van der Waals surface area contributed by atoms with Crippen molar-refractivity contribution in [1.29, 1.82) is 0 Å². The topological polar surface area (TPSA) is 112 Å². The molecule has 148 valence electrons. The van der Waals surface area contributed by atoms with Crippen molar-refractivity contribution in [3.8, 4) is 11.4 Å². The molecule has 1 amide bonds. The predicted molar refractivity (Wildman–Crippen MR) is 107 cm³/mol. The molecule has 0 radical (unpaired) electrons. The maximum Gasteiger partial charge on any atom is 0.310 e. The van der Waals surface area contributed by atoms with E-state index in [1.54, 1.807) is 10.7 Å². The molecule has 9 heteroatoms. The van der Waals surface area contributed by atoms with E-state index < -0.39 is 17.4 Å². The fraction of sp³-hybridized carbons (Fsp3) is 0.150. The van der Waals surface area contributed by atoms with Crippen LogP contribution < -0.4 is 10.2 Å². The maximum atomic E-state index is 11.9. The van der Waals surface area contributed by atoms with Gasteiger partial charge >= 0.3 is 5.69 Å². The number of nitrogens with zero attached hydrogens (tertiary/aromatic N) is 4. The molecular formula is C20H19N5O4. The van der Waals surface area contributed by atoms with Gasteiger partial charge in [0.2, 0.25) is 0 Å². The molecule has 0 atom stereocenters. The van der Waals surface area contributed by atoms with E-state index in [4.69, 9.17) is 4.74 Å². The molecule has 0 fully saturated rings. The van der Waals surface area contributed by atoms with Crippen LogP contribution in [0.3, 0.4) is 0 Å². The number of carbonyl (C=O) groups excluding carboxylic acids is 1. The zero-order valence-corrected chi connectivity index (χ0v) is 15.9. The third-order valence-electron chi connectivity index (χ3n) is 4.15. The summed E-state index contributed by atoms with van der Waals surface area (Å²) in [5.74, 6) is -0.516. The fourth-order valence-corrected chi connectivity index (χ4v) is 2.74. The summed E-state index contributed by atoms with van der Waals surface area (Å²) in [4.78, 5) is 22.3. The Kier molecular flexibility index (Phi) is 5.98. The van der Waals surface area contributed by atoms with E-state index in [9.17, 15) is 14.9 Å². The summed E-state index contributed by atoms with van der Waals surface area (Å²) in [5.41, 5.74) is 5.50. The normalized spacial score (nSPS) is 10.8. The van der Waals surface area contributed by atoms with Gasteiger partial charge in [-0.2, -0.15) is 10.2 Å². The first-order chi connectivity index (χ1) is 14.0. The van der Waals surface area contributed by atoms with Gasteiger partial charge in [0.05, 0.1) is 28.2 Å². The summed E-state index contributed by atoms with van der Waals surface area (Å²) >= 11 is 0. The molecule has 0 aliphatic rings. The van der Waals surface area contributed by atoms with E-state index >= 15 is 0 Å². The van der Waals surface area contributed by atoms with Crippen molar-refractivity contribution < 1.29 is 14.5 Å². The Morgan fingerprint density at radius 1 is 1.21 bits per heavy atom. The molecule has 0 aliphatic heterocycles. The molecule has 0 unspecified atom stereocenters. The minimum Gasteiger partial charge on any atom is -0.477 e. The van der Waals surface area contributed by atoms with Crippen molar-refractivity contribution in [2.75, 3.05) is 6.61 Å². The number of para-hydroxylation sites is 3. The van der Waals surface area contributed by atoms with Gasteiger partial charge in [-0.3, -0.25) is 14.9 Å². The highest BCUT2D eigenvalue weighted by atomic mass is 16.6. The molecule has 1 N–H and O–H groups in total. The second kappa shape index (κ2) is 8.79. The lowest BCUT2D eigenvalue weighted by Gasteiger charge is -2.05. The van der Waals surface area contributed by atoms with Gasteiger partial charge in [-0.25, -0.2) is 10.1 Å². The van der Waals surface area contributed by atoms with Gasteiger partial charge in [-0.15, -0.1) is 0 Å². The Bertz CT molecular complexity index is 1060. The zero-order chi connectivity index (χ0) is 20.8. The van der Waals surface area contributed by atoms with Gasteiger partial charge < -0.3 is 4.74 Å². The first-order valence-corrected chi connectivity index (χ1v) is 8.77. The third-order valence-corrected chi connectivity index (χ3v) is 4.15. The van der Waals surface area contributed by atoms with Crippen LogP contribution in [0.1, 0.15) is 17.0 Å². The van der Waals surface area contributed by atoms with Crippen LogP contribution in [-0.4, -0.2) is 33.4 Å². The molecule has 0 saturated heterocycles. The summed E-state index contributed by atoms with van der Waals surface area (Å²) in [6.45, 7) is 3.37. The standard InChI is InChI=1S/C20H19N5O4/c1-14-17(15(2)24(23-14)16-8-4-3-5-9-16)12-21-22-20(26)13-29-19-11-7-6-10-18(19)25(27)28/h3-12H,13H2,1-2H3,(H,22,26)/b21-12-. The summed E-state index contributed by atoms with van der Waals surface area (Å²) < 4.78 is 7.03. The Balaban J connectivity index is 1.63. The number of ether oxygens (including phenoxy) is 1. The van der Waals surface area contributed by atoms with Crippen molar-refractivity contribution in [3.05, 3.63) is 81.7 Å². The van der Waals surface area contributed by atoms with Crippen LogP contribution in [-0.2, 0) is 4.79 Å². The summed E-state index contributed by atoms with van der Waals surface area (Å²) in [5, 5.41) is 19.4. The monoisotopic (exact) mass is 393 g/mol. The first kappa shape index (κ1) is 19.7. The number of benzene rings is 2. The van der Waals surface area contributed by atoms with E-state index in [0.29, 0.717) is 0 Å². The minimum atomic E-state index is -0.568. The van der Waals surface area contributed by atoms with Gasteiger partial charge in [0, 0.05) is 11.6 Å². The molecular weight excluding hydrogens is 374 g/mol. The molecule has 0 saturated carbocycles. The predicted octanol–water partition coefficient (Wildman–Crippen LogP) is 2.93. The van der Waals surface area contributed by atoms with Crippen LogP contribution in [0.5, 0.6) is 5.75 Å². The second-order valence-electron chi connectivity index (χ2n) is 6.14. The van der Waals surface area contributed by atoms with Crippen LogP contribution in [0.15, 0.2) is 59.7 Å². The van der Waals surface area contributed by atoms with Crippen molar-refractivity contribution in [3.63, 3.8) is 0 Å². The molecule has 3 rings (SSSR count). The summed E-state index contributed by atoms with van der Waals surface area (Å²) in [6, 6.07) is 15.5. The van der Waals surface area contributed by atoms with E-state index in [0.717, 1.165) is 22.6 Å². The zero-order valence-electron chi connectivity index (χ0n) is 15.9. The Morgan fingerprint density at radius 3 is 2.62 bits per heavy atom. The number of nitrogens with one attached hydrogen (secondary N) is 1. The number of hydrogen-bond acceptors (Lipinski definition) is 6. The highest BCUT2D eigenvalue weighted by Gasteiger charge is 2.15. The average Bonchev–Trinajstić information content (AvgIpc) is 3.01. The number of aryl methyl sites for hydroxylation is 1. The lowest BCUT2D eigenvalue weighted by Crippen LogP contribution is -2.24. The number of aromatic nitrogens is 2. The number of rotatable bonds is 7. The molecule has 9 nitrogen and oxygen atoms in total. The van der Waals surface area contributed by atoms with E-state index in [-0.39, 0.29) is 11.4 Å². The number of nitro groups is 1. The molecule has 1 aromatic heterocycles. The molecule has 3 aromatic rings.